The summed E-state index contributed by atoms with van der Waals surface area (Å²) in [5.74, 6) is 0.797. The molecule has 0 aliphatic heterocycles. The molecule has 0 unspecified atom stereocenters. The van der Waals surface area contributed by atoms with Gasteiger partial charge in [0.05, 0.1) is 10.9 Å². The van der Waals surface area contributed by atoms with Crippen molar-refractivity contribution in [1.29, 1.82) is 0 Å². The number of hydrogen-bond acceptors (Lipinski definition) is 2. The van der Waals surface area contributed by atoms with Crippen LogP contribution in [0.4, 0.5) is 5.69 Å². The molecule has 5 heteroatoms. The molecule has 0 aliphatic carbocycles. The number of halogens is 1. The van der Waals surface area contributed by atoms with Crippen molar-refractivity contribution in [3.63, 3.8) is 0 Å². The fourth-order valence-corrected chi connectivity index (χ4v) is 2.45. The van der Waals surface area contributed by atoms with Crippen LogP contribution in [-0.4, -0.2) is 27.6 Å². The van der Waals surface area contributed by atoms with E-state index in [9.17, 15) is 4.21 Å². The molecule has 0 radical (unpaired) electrons. The maximum absolute atomic E-state index is 12.3. The lowest BCUT2D eigenvalue weighted by Crippen LogP contribution is -2.39. The highest BCUT2D eigenvalue weighted by Crippen LogP contribution is 2.25. The minimum Gasteiger partial charge on any atom is -0.497 e. The molecule has 1 aromatic rings. The average Bonchev–Trinajstić information content (AvgIpc) is 2.18. The minimum atomic E-state index is -2.72. The fourth-order valence-electron chi connectivity index (χ4n) is 1.05. The zero-order valence-electron chi connectivity index (χ0n) is 9.12. The summed E-state index contributed by atoms with van der Waals surface area (Å²) in [4.78, 5) is 0. The highest BCUT2D eigenvalue weighted by Gasteiger charge is 2.22. The summed E-state index contributed by atoms with van der Waals surface area (Å²) in [5.41, 5.74) is 0.856. The van der Waals surface area contributed by atoms with Crippen molar-refractivity contribution in [1.82, 2.24) is 0 Å². The van der Waals surface area contributed by atoms with E-state index in [0.717, 1.165) is 11.4 Å². The first-order valence-electron chi connectivity index (χ1n) is 4.43. The second-order valence-corrected chi connectivity index (χ2v) is 10.4. The van der Waals surface area contributed by atoms with Crippen LogP contribution in [0.15, 0.2) is 24.3 Å². The normalized spacial score (nSPS) is 14.0. The molecule has 0 saturated heterocycles. The molecule has 0 amide bonds. The summed E-state index contributed by atoms with van der Waals surface area (Å²) < 4.78 is 21.1. The van der Waals surface area contributed by atoms with Gasteiger partial charge in [-0.25, -0.2) is 0 Å². The second-order valence-electron chi connectivity index (χ2n) is 4.01. The number of anilines is 1. The van der Waals surface area contributed by atoms with Gasteiger partial charge in [0.15, 0.2) is 0 Å². The molecule has 0 atom stereocenters. The van der Waals surface area contributed by atoms with E-state index in [-0.39, 0.29) is 0 Å². The Bertz CT molecular complexity index is 396. The molecule has 3 nitrogen and oxygen atoms in total. The van der Waals surface area contributed by atoms with E-state index in [1.165, 1.54) is 0 Å². The smallest absolute Gasteiger partial charge is 0.119 e. The largest absolute Gasteiger partial charge is 0.497 e. The van der Waals surface area contributed by atoms with Crippen LogP contribution in [0.3, 0.4) is 0 Å². The van der Waals surface area contributed by atoms with Crippen LogP contribution in [0, 0.1) is 0 Å². The molecule has 0 aliphatic rings. The lowest BCUT2D eigenvalue weighted by atomic mass is 10.3. The summed E-state index contributed by atoms with van der Waals surface area (Å²) in [5, 5.41) is 0. The van der Waals surface area contributed by atoms with Crippen molar-refractivity contribution >= 4 is 37.5 Å². The first-order chi connectivity index (χ1) is 6.84. The number of alkyl halides is 1. The minimum absolute atomic E-state index is 0.584. The van der Waals surface area contributed by atoms with Crippen molar-refractivity contribution < 1.29 is 8.95 Å². The monoisotopic (exact) mass is 341 g/mol. The highest BCUT2D eigenvalue weighted by atomic mass is 127. The first kappa shape index (κ1) is 12.8. The quantitative estimate of drug-likeness (QED) is 0.675. The summed E-state index contributed by atoms with van der Waals surface area (Å²) in [7, 11) is -1.10. The molecule has 1 N–H and O–H groups in total. The third-order valence-electron chi connectivity index (χ3n) is 1.84. The Hall–Kier alpha value is -0.300. The van der Waals surface area contributed by atoms with Crippen LogP contribution < -0.4 is 9.46 Å². The Kier molecular flexibility index (Phi) is 3.65. The van der Waals surface area contributed by atoms with Crippen molar-refractivity contribution in [3.8, 4) is 5.75 Å². The number of benzene rings is 1. The van der Waals surface area contributed by atoms with Gasteiger partial charge in [-0.05, 0) is 33.5 Å². The lowest BCUT2D eigenvalue weighted by Gasteiger charge is -2.34. The summed E-state index contributed by atoms with van der Waals surface area (Å²) in [6.07, 6.45) is 3.52. The zero-order chi connectivity index (χ0) is 11.6. The Morgan fingerprint density at radius 1 is 1.33 bits per heavy atom. The van der Waals surface area contributed by atoms with Gasteiger partial charge in [0.1, 0.15) is 5.75 Å². The second kappa shape index (κ2) is 4.29. The number of hydrogen-bond donors (Lipinski definition) is 1. The summed E-state index contributed by atoms with van der Waals surface area (Å²) >= 11 is 2.14. The van der Waals surface area contributed by atoms with Crippen LogP contribution in [0.1, 0.15) is 0 Å². The topological polar surface area (TPSA) is 38.3 Å². The maximum Gasteiger partial charge on any atom is 0.119 e. The van der Waals surface area contributed by atoms with Crippen molar-refractivity contribution in [2.24, 2.45) is 0 Å². The van der Waals surface area contributed by atoms with Crippen molar-refractivity contribution in [2.45, 2.75) is 0 Å². The van der Waals surface area contributed by atoms with Crippen molar-refractivity contribution in [2.75, 3.05) is 28.1 Å². The Morgan fingerprint density at radius 3 is 2.27 bits per heavy atom. The van der Waals surface area contributed by atoms with E-state index in [4.69, 9.17) is 4.74 Å². The van der Waals surface area contributed by atoms with Gasteiger partial charge in [0.2, 0.25) is 0 Å². The molecule has 1 aromatic carbocycles. The Morgan fingerprint density at radius 2 is 1.87 bits per heavy atom. The lowest BCUT2D eigenvalue weighted by molar-refractivity contribution is 0.415. The van der Waals surface area contributed by atoms with Gasteiger partial charge in [-0.3, -0.25) is 4.21 Å². The molecule has 0 saturated carbocycles. The van der Waals surface area contributed by atoms with Gasteiger partial charge in [0.25, 0.3) is 0 Å². The average molecular weight is 341 g/mol. The van der Waals surface area contributed by atoms with E-state index >= 15 is 0 Å². The van der Waals surface area contributed by atoms with Gasteiger partial charge in [-0.1, -0.05) is 22.6 Å². The van der Waals surface area contributed by atoms with Crippen LogP contribution in [0.25, 0.3) is 0 Å². The van der Waals surface area contributed by atoms with E-state index in [1.807, 2.05) is 24.3 Å². The SMILES string of the molecule is COc1ccc(NS(C)(C)(=O)CI)cc1. The van der Waals surface area contributed by atoms with Gasteiger partial charge in [0, 0.05) is 18.2 Å². The molecule has 1 rings (SSSR count). The predicted octanol–water partition coefficient (Wildman–Crippen LogP) is 2.49. The van der Waals surface area contributed by atoms with Gasteiger partial charge >= 0.3 is 0 Å². The van der Waals surface area contributed by atoms with Crippen molar-refractivity contribution in [3.05, 3.63) is 24.3 Å². The molecular formula is C10H16INO2S. The predicted molar refractivity (Wildman–Crippen MR) is 75.5 cm³/mol. The summed E-state index contributed by atoms with van der Waals surface area (Å²) in [6.45, 7) is 0. The fraction of sp³-hybridized carbons (Fsp3) is 0.400. The van der Waals surface area contributed by atoms with Gasteiger partial charge in [-0.2, -0.15) is 0 Å². The Labute approximate surface area is 104 Å². The number of nitrogens with one attached hydrogen (secondary N) is 1. The number of rotatable bonds is 4. The third-order valence-corrected chi connectivity index (χ3v) is 8.78. The zero-order valence-corrected chi connectivity index (χ0v) is 12.1. The highest BCUT2D eigenvalue weighted by molar-refractivity contribution is 14.1. The van der Waals surface area contributed by atoms with Crippen LogP contribution >= 0.6 is 22.6 Å². The van der Waals surface area contributed by atoms with Gasteiger partial charge in [-0.15, -0.1) is 0 Å². The van der Waals surface area contributed by atoms with E-state index in [0.29, 0.717) is 3.76 Å². The Balaban J connectivity index is 2.87. The third kappa shape index (κ3) is 3.98. The molecule has 0 aromatic heterocycles. The molecule has 86 valence electrons. The first-order valence-corrected chi connectivity index (χ1v) is 8.90. The number of ether oxygens (including phenoxy) is 1. The molecule has 0 fully saturated rings. The molecule has 15 heavy (non-hydrogen) atoms. The molecular weight excluding hydrogens is 325 g/mol. The molecule has 0 spiro atoms. The van der Waals surface area contributed by atoms with E-state index in [1.54, 1.807) is 19.6 Å². The van der Waals surface area contributed by atoms with E-state index in [2.05, 4.69) is 27.3 Å². The standard InChI is InChI=1S/C10H16INO2S/c1-14-10-6-4-9(5-7-10)12-15(2,3,13)8-11/h4-7H,8H2,1-3H3,(H,12,13). The molecule has 0 heterocycles. The van der Waals surface area contributed by atoms with E-state index < -0.39 is 9.25 Å². The summed E-state index contributed by atoms with van der Waals surface area (Å²) in [6, 6.07) is 7.43. The molecule has 0 bridgehead atoms. The van der Waals surface area contributed by atoms with Gasteiger partial charge < -0.3 is 9.46 Å². The van der Waals surface area contributed by atoms with Crippen LogP contribution in [0.5, 0.6) is 5.75 Å². The maximum atomic E-state index is 12.3. The van der Waals surface area contributed by atoms with Crippen LogP contribution in [0.2, 0.25) is 0 Å². The number of methoxy groups -OCH3 is 1. The van der Waals surface area contributed by atoms with Crippen LogP contribution in [-0.2, 0) is 9.25 Å².